The van der Waals surface area contributed by atoms with Crippen LogP contribution in [0.25, 0.3) is 0 Å². The maximum atomic E-state index is 13.8. The predicted octanol–water partition coefficient (Wildman–Crippen LogP) is 4.36. The van der Waals surface area contributed by atoms with E-state index in [0.29, 0.717) is 36.4 Å². The molecule has 0 amide bonds. The summed E-state index contributed by atoms with van der Waals surface area (Å²) < 4.78 is 52.4. The van der Waals surface area contributed by atoms with Gasteiger partial charge in [0.1, 0.15) is 17.5 Å². The van der Waals surface area contributed by atoms with Crippen LogP contribution in [0.1, 0.15) is 35.6 Å². The van der Waals surface area contributed by atoms with Crippen molar-refractivity contribution >= 4 is 5.97 Å². The summed E-state index contributed by atoms with van der Waals surface area (Å²) in [5.41, 5.74) is -0.465. The minimum Gasteiger partial charge on any atom is -0.496 e. The van der Waals surface area contributed by atoms with E-state index in [0.717, 1.165) is 6.07 Å². The monoisotopic (exact) mass is 409 g/mol. The minimum atomic E-state index is -4.59. The van der Waals surface area contributed by atoms with Crippen molar-refractivity contribution in [2.75, 3.05) is 20.8 Å². The number of benzene rings is 2. The minimum absolute atomic E-state index is 0.0315. The van der Waals surface area contributed by atoms with E-state index in [2.05, 4.69) is 0 Å². The number of carbonyl (C=O) groups is 1. The number of ether oxygens (including phenoxy) is 2. The number of carboxylic acid groups (broad SMARTS) is 1. The second kappa shape index (κ2) is 8.32. The van der Waals surface area contributed by atoms with Crippen molar-refractivity contribution in [1.29, 1.82) is 0 Å². The van der Waals surface area contributed by atoms with Gasteiger partial charge in [-0.2, -0.15) is 13.2 Å². The third-order valence-corrected chi connectivity index (χ3v) is 5.21. The summed E-state index contributed by atoms with van der Waals surface area (Å²) in [6.07, 6.45) is -3.67. The highest BCUT2D eigenvalue weighted by Gasteiger charge is 2.43. The maximum absolute atomic E-state index is 13.8. The van der Waals surface area contributed by atoms with E-state index >= 15 is 0 Å². The normalized spacial score (nSPS) is 18.4. The second-order valence-corrected chi connectivity index (χ2v) is 6.80. The van der Waals surface area contributed by atoms with Gasteiger partial charge in [0.15, 0.2) is 0 Å². The van der Waals surface area contributed by atoms with Crippen LogP contribution in [0.2, 0.25) is 0 Å². The highest BCUT2D eigenvalue weighted by atomic mass is 19.4. The molecule has 1 aliphatic rings. The lowest BCUT2D eigenvalue weighted by molar-refractivity contribution is -0.143. The standard InChI is InChI=1S/C21H22F3NO4/c1-28-16-10-5-11-17(29-2)18(16)19(25-12-6-9-15(25)20(26)27)13-7-3-4-8-14(13)21(22,23)24/h3-5,7-8,10-11,15,19H,6,9,12H2,1-2H3,(H,26,27). The quantitative estimate of drug-likeness (QED) is 0.768. The van der Waals surface area contributed by atoms with Crippen LogP contribution in [0.3, 0.4) is 0 Å². The molecule has 0 radical (unpaired) electrons. The molecule has 0 aliphatic carbocycles. The van der Waals surface area contributed by atoms with Gasteiger partial charge in [0.2, 0.25) is 0 Å². The third-order valence-electron chi connectivity index (χ3n) is 5.21. The maximum Gasteiger partial charge on any atom is 0.416 e. The van der Waals surface area contributed by atoms with Crippen molar-refractivity contribution < 1.29 is 32.5 Å². The summed E-state index contributed by atoms with van der Waals surface area (Å²) in [6.45, 7) is 0.342. The van der Waals surface area contributed by atoms with Crippen LogP contribution in [0.4, 0.5) is 13.2 Å². The fourth-order valence-electron chi connectivity index (χ4n) is 4.01. The Labute approximate surface area is 166 Å². The zero-order valence-corrected chi connectivity index (χ0v) is 16.1. The summed E-state index contributed by atoms with van der Waals surface area (Å²) in [5, 5.41) is 9.68. The van der Waals surface area contributed by atoms with Crippen molar-refractivity contribution in [2.45, 2.75) is 31.1 Å². The Hall–Kier alpha value is -2.74. The van der Waals surface area contributed by atoms with Crippen molar-refractivity contribution in [3.05, 3.63) is 59.2 Å². The summed E-state index contributed by atoms with van der Waals surface area (Å²) in [6, 6.07) is 8.27. The van der Waals surface area contributed by atoms with E-state index < -0.39 is 29.8 Å². The molecule has 0 spiro atoms. The first-order valence-corrected chi connectivity index (χ1v) is 9.15. The lowest BCUT2D eigenvalue weighted by Gasteiger charge is -2.34. The molecule has 156 valence electrons. The fourth-order valence-corrected chi connectivity index (χ4v) is 4.01. The van der Waals surface area contributed by atoms with Gasteiger partial charge in [-0.1, -0.05) is 24.3 Å². The molecule has 2 aromatic rings. The molecule has 0 saturated carbocycles. The van der Waals surface area contributed by atoms with Crippen molar-refractivity contribution in [3.8, 4) is 11.5 Å². The Morgan fingerprint density at radius 1 is 1.10 bits per heavy atom. The summed E-state index contributed by atoms with van der Waals surface area (Å²) >= 11 is 0. The molecule has 2 aromatic carbocycles. The van der Waals surface area contributed by atoms with Crippen molar-refractivity contribution in [1.82, 2.24) is 4.90 Å². The van der Waals surface area contributed by atoms with Gasteiger partial charge in [-0.15, -0.1) is 0 Å². The van der Waals surface area contributed by atoms with E-state index in [-0.39, 0.29) is 5.56 Å². The SMILES string of the molecule is COc1cccc(OC)c1C(c1ccccc1C(F)(F)F)N1CCCC1C(=O)O. The van der Waals surface area contributed by atoms with Gasteiger partial charge in [0.25, 0.3) is 0 Å². The molecule has 1 fully saturated rings. The van der Waals surface area contributed by atoms with Crippen LogP contribution < -0.4 is 9.47 Å². The lowest BCUT2D eigenvalue weighted by atomic mass is 9.90. The Morgan fingerprint density at radius 2 is 1.72 bits per heavy atom. The van der Waals surface area contributed by atoms with Crippen LogP contribution in [-0.4, -0.2) is 42.8 Å². The van der Waals surface area contributed by atoms with E-state index in [1.54, 1.807) is 23.1 Å². The molecular formula is C21H22F3NO4. The van der Waals surface area contributed by atoms with Gasteiger partial charge in [-0.05, 0) is 36.6 Å². The van der Waals surface area contributed by atoms with Crippen LogP contribution in [0.15, 0.2) is 42.5 Å². The van der Waals surface area contributed by atoms with Crippen molar-refractivity contribution in [2.24, 2.45) is 0 Å². The number of rotatable bonds is 6. The predicted molar refractivity (Wildman–Crippen MR) is 100 cm³/mol. The molecule has 1 saturated heterocycles. The van der Waals surface area contributed by atoms with E-state index in [1.165, 1.54) is 32.4 Å². The molecule has 1 aliphatic heterocycles. The molecule has 0 aromatic heterocycles. The molecular weight excluding hydrogens is 387 g/mol. The van der Waals surface area contributed by atoms with Gasteiger partial charge >= 0.3 is 12.1 Å². The molecule has 2 unspecified atom stereocenters. The zero-order chi connectivity index (χ0) is 21.2. The van der Waals surface area contributed by atoms with Gasteiger partial charge in [-0.3, -0.25) is 9.69 Å². The number of likely N-dealkylation sites (tertiary alicyclic amines) is 1. The highest BCUT2D eigenvalue weighted by molar-refractivity contribution is 5.74. The average molecular weight is 409 g/mol. The molecule has 0 bridgehead atoms. The van der Waals surface area contributed by atoms with Crippen LogP contribution in [0, 0.1) is 0 Å². The Morgan fingerprint density at radius 3 is 2.28 bits per heavy atom. The molecule has 5 nitrogen and oxygen atoms in total. The van der Waals surface area contributed by atoms with Crippen LogP contribution in [-0.2, 0) is 11.0 Å². The number of hydrogen-bond donors (Lipinski definition) is 1. The van der Waals surface area contributed by atoms with Gasteiger partial charge in [-0.25, -0.2) is 0 Å². The van der Waals surface area contributed by atoms with Crippen LogP contribution in [0.5, 0.6) is 11.5 Å². The van der Waals surface area contributed by atoms with Crippen LogP contribution >= 0.6 is 0 Å². The van der Waals surface area contributed by atoms with Gasteiger partial charge in [0.05, 0.1) is 31.4 Å². The number of nitrogens with zero attached hydrogens (tertiary/aromatic N) is 1. The Balaban J connectivity index is 2.30. The Kier molecular flexibility index (Phi) is 6.02. The molecule has 2 atom stereocenters. The van der Waals surface area contributed by atoms with E-state index in [4.69, 9.17) is 9.47 Å². The molecule has 1 N–H and O–H groups in total. The Bertz CT molecular complexity index is 862. The number of halogens is 3. The van der Waals surface area contributed by atoms with E-state index in [9.17, 15) is 23.1 Å². The largest absolute Gasteiger partial charge is 0.496 e. The number of methoxy groups -OCH3 is 2. The summed E-state index contributed by atoms with van der Waals surface area (Å²) in [4.78, 5) is 13.4. The van der Waals surface area contributed by atoms with Gasteiger partial charge in [0, 0.05) is 6.54 Å². The molecule has 3 rings (SSSR count). The smallest absolute Gasteiger partial charge is 0.416 e. The first kappa shape index (κ1) is 21.0. The fraction of sp³-hybridized carbons (Fsp3) is 0.381. The second-order valence-electron chi connectivity index (χ2n) is 6.80. The first-order chi connectivity index (χ1) is 13.8. The number of carboxylic acids is 1. The number of aliphatic carboxylic acids is 1. The molecule has 8 heteroatoms. The first-order valence-electron chi connectivity index (χ1n) is 9.15. The van der Waals surface area contributed by atoms with Crippen molar-refractivity contribution in [3.63, 3.8) is 0 Å². The molecule has 1 heterocycles. The topological polar surface area (TPSA) is 59.0 Å². The average Bonchev–Trinajstić information content (AvgIpc) is 3.17. The van der Waals surface area contributed by atoms with Gasteiger partial charge < -0.3 is 14.6 Å². The summed E-state index contributed by atoms with van der Waals surface area (Å²) in [5.74, 6) is -0.393. The van der Waals surface area contributed by atoms with E-state index in [1.807, 2.05) is 0 Å². The summed E-state index contributed by atoms with van der Waals surface area (Å²) in [7, 11) is 2.84. The lowest BCUT2D eigenvalue weighted by Crippen LogP contribution is -2.40. The molecule has 29 heavy (non-hydrogen) atoms. The number of hydrogen-bond acceptors (Lipinski definition) is 4. The zero-order valence-electron chi connectivity index (χ0n) is 16.1. The third kappa shape index (κ3) is 4.03. The number of alkyl halides is 3. The highest BCUT2D eigenvalue weighted by Crippen LogP contribution is 2.46.